The summed E-state index contributed by atoms with van der Waals surface area (Å²) in [5.74, 6) is 0. The normalized spacial score (nSPS) is 19.6. The molecule has 1 unspecified atom stereocenters. The van der Waals surface area contributed by atoms with Crippen LogP contribution in [0.2, 0.25) is 0 Å². The summed E-state index contributed by atoms with van der Waals surface area (Å²) in [5, 5.41) is 8.96. The van der Waals surface area contributed by atoms with Gasteiger partial charge in [-0.1, -0.05) is 12.1 Å². The maximum absolute atomic E-state index is 8.96. The Hall–Kier alpha value is -1.55. The molecule has 0 amide bonds. The van der Waals surface area contributed by atoms with Crippen LogP contribution in [0.25, 0.3) is 11.0 Å². The van der Waals surface area contributed by atoms with Gasteiger partial charge in [0, 0.05) is 0 Å². The molecule has 1 atom stereocenters. The SMILES string of the molecule is OCC1Cn2c(nc3ccccc32)O1. The molecule has 1 N–H and O–H groups in total. The third-order valence-electron chi connectivity index (χ3n) is 2.48. The van der Waals surface area contributed by atoms with Gasteiger partial charge in [0.25, 0.3) is 6.01 Å². The van der Waals surface area contributed by atoms with E-state index in [0.29, 0.717) is 12.6 Å². The topological polar surface area (TPSA) is 47.3 Å². The van der Waals surface area contributed by atoms with E-state index < -0.39 is 0 Å². The molecule has 0 radical (unpaired) electrons. The van der Waals surface area contributed by atoms with E-state index in [1.807, 2.05) is 28.8 Å². The Morgan fingerprint density at radius 1 is 1.50 bits per heavy atom. The average molecular weight is 190 g/mol. The van der Waals surface area contributed by atoms with Gasteiger partial charge in [0.15, 0.2) is 0 Å². The van der Waals surface area contributed by atoms with E-state index >= 15 is 0 Å². The van der Waals surface area contributed by atoms with Crippen LogP contribution in [0, 0.1) is 0 Å². The molecule has 4 nitrogen and oxygen atoms in total. The fraction of sp³-hybridized carbons (Fsp3) is 0.300. The molecule has 14 heavy (non-hydrogen) atoms. The maximum atomic E-state index is 8.96. The molecular formula is C10H10N2O2. The molecule has 0 aliphatic carbocycles. The average Bonchev–Trinajstić information content (AvgIpc) is 2.73. The largest absolute Gasteiger partial charge is 0.457 e. The Morgan fingerprint density at radius 2 is 2.36 bits per heavy atom. The van der Waals surface area contributed by atoms with Gasteiger partial charge in [-0.2, -0.15) is 4.98 Å². The summed E-state index contributed by atoms with van der Waals surface area (Å²) < 4.78 is 7.44. The summed E-state index contributed by atoms with van der Waals surface area (Å²) in [6.45, 7) is 0.726. The second-order valence-electron chi connectivity index (χ2n) is 3.42. The number of hydrogen-bond donors (Lipinski definition) is 1. The Morgan fingerprint density at radius 3 is 3.21 bits per heavy atom. The number of ether oxygens (including phenoxy) is 1. The van der Waals surface area contributed by atoms with Crippen LogP contribution in [-0.4, -0.2) is 27.4 Å². The third kappa shape index (κ3) is 0.943. The van der Waals surface area contributed by atoms with Crippen molar-refractivity contribution >= 4 is 11.0 Å². The summed E-state index contributed by atoms with van der Waals surface area (Å²) in [7, 11) is 0. The van der Waals surface area contributed by atoms with Gasteiger partial charge >= 0.3 is 0 Å². The number of aliphatic hydroxyl groups is 1. The molecule has 2 aromatic rings. The van der Waals surface area contributed by atoms with Crippen molar-refractivity contribution in [1.82, 2.24) is 9.55 Å². The zero-order valence-corrected chi connectivity index (χ0v) is 7.55. The van der Waals surface area contributed by atoms with Crippen molar-refractivity contribution < 1.29 is 9.84 Å². The predicted molar refractivity (Wildman–Crippen MR) is 51.2 cm³/mol. The van der Waals surface area contributed by atoms with Crippen LogP contribution in [0.4, 0.5) is 0 Å². The van der Waals surface area contributed by atoms with Gasteiger partial charge in [0.1, 0.15) is 6.10 Å². The lowest BCUT2D eigenvalue weighted by Crippen LogP contribution is -2.18. The van der Waals surface area contributed by atoms with Gasteiger partial charge in [-0.15, -0.1) is 0 Å². The summed E-state index contributed by atoms with van der Waals surface area (Å²) in [5.41, 5.74) is 2.01. The van der Waals surface area contributed by atoms with Crippen LogP contribution in [0.5, 0.6) is 6.01 Å². The molecular weight excluding hydrogens is 180 g/mol. The molecule has 1 aromatic carbocycles. The number of aromatic nitrogens is 2. The molecule has 1 aromatic heterocycles. The van der Waals surface area contributed by atoms with Crippen molar-refractivity contribution in [3.63, 3.8) is 0 Å². The molecule has 0 spiro atoms. The molecule has 1 aliphatic heterocycles. The minimum Gasteiger partial charge on any atom is -0.457 e. The Labute approximate surface area is 80.7 Å². The Balaban J connectivity index is 2.16. The van der Waals surface area contributed by atoms with Crippen molar-refractivity contribution in [2.24, 2.45) is 0 Å². The highest BCUT2D eigenvalue weighted by Crippen LogP contribution is 2.27. The molecule has 0 bridgehead atoms. The Kier molecular flexibility index (Phi) is 1.52. The van der Waals surface area contributed by atoms with E-state index in [2.05, 4.69) is 4.98 Å². The van der Waals surface area contributed by atoms with E-state index in [4.69, 9.17) is 9.84 Å². The first-order valence-corrected chi connectivity index (χ1v) is 4.61. The number of fused-ring (bicyclic) bond motifs is 3. The second-order valence-corrected chi connectivity index (χ2v) is 3.42. The molecule has 1 aliphatic rings. The van der Waals surface area contributed by atoms with Crippen LogP contribution in [0.15, 0.2) is 24.3 Å². The number of aliphatic hydroxyl groups excluding tert-OH is 1. The summed E-state index contributed by atoms with van der Waals surface area (Å²) >= 11 is 0. The quantitative estimate of drug-likeness (QED) is 0.723. The number of imidazole rings is 1. The smallest absolute Gasteiger partial charge is 0.297 e. The van der Waals surface area contributed by atoms with Crippen LogP contribution < -0.4 is 4.74 Å². The van der Waals surface area contributed by atoms with E-state index in [0.717, 1.165) is 11.0 Å². The minimum absolute atomic E-state index is 0.0394. The lowest BCUT2D eigenvalue weighted by Gasteiger charge is -2.03. The van der Waals surface area contributed by atoms with Crippen LogP contribution in [-0.2, 0) is 6.54 Å². The number of rotatable bonds is 1. The number of benzene rings is 1. The first-order chi connectivity index (χ1) is 6.88. The number of para-hydroxylation sites is 2. The predicted octanol–water partition coefficient (Wildman–Crippen LogP) is 0.790. The molecule has 72 valence electrons. The summed E-state index contributed by atoms with van der Waals surface area (Å²) in [6, 6.07) is 8.51. The zero-order valence-electron chi connectivity index (χ0n) is 7.55. The highest BCUT2D eigenvalue weighted by Gasteiger charge is 2.25. The van der Waals surface area contributed by atoms with E-state index in [-0.39, 0.29) is 12.7 Å². The van der Waals surface area contributed by atoms with Gasteiger partial charge < -0.3 is 9.84 Å². The van der Waals surface area contributed by atoms with Crippen molar-refractivity contribution in [3.8, 4) is 6.01 Å². The summed E-state index contributed by atoms with van der Waals surface area (Å²) in [4.78, 5) is 4.32. The first-order valence-electron chi connectivity index (χ1n) is 4.61. The second kappa shape index (κ2) is 2.72. The van der Waals surface area contributed by atoms with Crippen LogP contribution >= 0.6 is 0 Å². The van der Waals surface area contributed by atoms with Crippen molar-refractivity contribution in [2.75, 3.05) is 6.61 Å². The van der Waals surface area contributed by atoms with E-state index in [1.165, 1.54) is 0 Å². The molecule has 0 saturated carbocycles. The highest BCUT2D eigenvalue weighted by atomic mass is 16.5. The summed E-state index contributed by atoms with van der Waals surface area (Å²) in [6.07, 6.45) is -0.137. The van der Waals surface area contributed by atoms with Gasteiger partial charge in [0.05, 0.1) is 24.2 Å². The van der Waals surface area contributed by atoms with Gasteiger partial charge in [-0.05, 0) is 12.1 Å². The maximum Gasteiger partial charge on any atom is 0.297 e. The molecule has 4 heteroatoms. The standard InChI is InChI=1S/C10H10N2O2/c13-6-7-5-12-9-4-2-1-3-8(9)11-10(12)14-7/h1-4,7,13H,5-6H2. The van der Waals surface area contributed by atoms with Crippen molar-refractivity contribution in [1.29, 1.82) is 0 Å². The van der Waals surface area contributed by atoms with Crippen LogP contribution in [0.1, 0.15) is 0 Å². The van der Waals surface area contributed by atoms with Gasteiger partial charge in [-0.25, -0.2) is 0 Å². The fourth-order valence-electron chi connectivity index (χ4n) is 1.80. The molecule has 3 rings (SSSR count). The molecule has 0 fully saturated rings. The fourth-order valence-corrected chi connectivity index (χ4v) is 1.80. The lowest BCUT2D eigenvalue weighted by molar-refractivity contribution is 0.130. The van der Waals surface area contributed by atoms with Crippen molar-refractivity contribution in [2.45, 2.75) is 12.6 Å². The van der Waals surface area contributed by atoms with Crippen molar-refractivity contribution in [3.05, 3.63) is 24.3 Å². The van der Waals surface area contributed by atoms with Gasteiger partial charge in [0.2, 0.25) is 0 Å². The minimum atomic E-state index is -0.137. The van der Waals surface area contributed by atoms with E-state index in [9.17, 15) is 0 Å². The monoisotopic (exact) mass is 190 g/mol. The number of hydrogen-bond acceptors (Lipinski definition) is 3. The molecule has 0 saturated heterocycles. The van der Waals surface area contributed by atoms with Crippen LogP contribution in [0.3, 0.4) is 0 Å². The lowest BCUT2D eigenvalue weighted by atomic mass is 10.3. The van der Waals surface area contributed by atoms with Gasteiger partial charge in [-0.3, -0.25) is 4.57 Å². The number of nitrogens with zero attached hydrogens (tertiary/aromatic N) is 2. The van der Waals surface area contributed by atoms with E-state index in [1.54, 1.807) is 0 Å². The third-order valence-corrected chi connectivity index (χ3v) is 2.48. The first kappa shape index (κ1) is 7.82. The Bertz CT molecular complexity index is 478. The zero-order chi connectivity index (χ0) is 9.54. The highest BCUT2D eigenvalue weighted by molar-refractivity contribution is 5.76. The molecule has 2 heterocycles.